The minimum absolute atomic E-state index is 0.00217. The number of carbonyl (C=O) groups is 2. The predicted molar refractivity (Wildman–Crippen MR) is 96.1 cm³/mol. The van der Waals surface area contributed by atoms with Crippen LogP contribution in [0.1, 0.15) is 47.5 Å². The summed E-state index contributed by atoms with van der Waals surface area (Å²) in [5, 5.41) is 0. The fraction of sp³-hybridized carbons (Fsp3) is 0.895. The highest BCUT2D eigenvalue weighted by atomic mass is 16.5. The average Bonchev–Trinajstić information content (AvgIpc) is 2.58. The van der Waals surface area contributed by atoms with Crippen LogP contribution in [0.2, 0.25) is 0 Å². The van der Waals surface area contributed by atoms with Crippen LogP contribution in [0, 0.1) is 11.8 Å². The number of morpholine rings is 2. The fourth-order valence-corrected chi connectivity index (χ4v) is 3.71. The van der Waals surface area contributed by atoms with Crippen molar-refractivity contribution in [3.8, 4) is 0 Å². The zero-order valence-electron chi connectivity index (χ0n) is 16.4. The largest absolute Gasteiger partial charge is 0.377 e. The Hall–Kier alpha value is -1.14. The molecule has 0 aromatic rings. The third-order valence-electron chi connectivity index (χ3n) is 5.12. The van der Waals surface area contributed by atoms with Gasteiger partial charge in [0.1, 0.15) is 0 Å². The Labute approximate surface area is 151 Å². The maximum Gasteiger partial charge on any atom is 0.225 e. The molecule has 2 aliphatic rings. The van der Waals surface area contributed by atoms with Crippen LogP contribution in [-0.4, -0.2) is 72.7 Å². The number of carbonyl (C=O) groups excluding carboxylic acids is 2. The normalized spacial score (nSPS) is 27.9. The van der Waals surface area contributed by atoms with Gasteiger partial charge in [0.15, 0.2) is 0 Å². The van der Waals surface area contributed by atoms with Gasteiger partial charge >= 0.3 is 0 Å². The molecule has 6 nitrogen and oxygen atoms in total. The smallest absolute Gasteiger partial charge is 0.225 e. The van der Waals surface area contributed by atoms with Gasteiger partial charge in [-0.1, -0.05) is 27.7 Å². The lowest BCUT2D eigenvalue weighted by molar-refractivity contribution is -0.150. The zero-order valence-corrected chi connectivity index (χ0v) is 16.4. The minimum Gasteiger partial charge on any atom is -0.377 e. The van der Waals surface area contributed by atoms with E-state index < -0.39 is 0 Å². The number of nitrogens with zero attached hydrogens (tertiary/aromatic N) is 2. The van der Waals surface area contributed by atoms with Gasteiger partial charge < -0.3 is 19.3 Å². The summed E-state index contributed by atoms with van der Waals surface area (Å²) in [5.41, 5.74) is 0. The minimum atomic E-state index is -0.0138. The number of rotatable bonds is 5. The molecule has 2 aliphatic heterocycles. The number of hydrogen-bond donors (Lipinski definition) is 0. The van der Waals surface area contributed by atoms with E-state index in [1.165, 1.54) is 0 Å². The van der Waals surface area contributed by atoms with Crippen LogP contribution in [0.4, 0.5) is 0 Å². The molecule has 1 unspecified atom stereocenters. The summed E-state index contributed by atoms with van der Waals surface area (Å²) in [5.74, 6) is 0.366. The topological polar surface area (TPSA) is 59.1 Å². The number of ether oxygens (including phenoxy) is 2. The van der Waals surface area contributed by atoms with Gasteiger partial charge in [0.25, 0.3) is 0 Å². The third kappa shape index (κ3) is 4.94. The van der Waals surface area contributed by atoms with Gasteiger partial charge in [0.05, 0.1) is 44.6 Å². The van der Waals surface area contributed by atoms with Crippen LogP contribution in [-0.2, 0) is 19.1 Å². The number of amides is 2. The predicted octanol–water partition coefficient (Wildman–Crippen LogP) is 1.92. The lowest BCUT2D eigenvalue weighted by Crippen LogP contribution is -2.56. The second-order valence-electron chi connectivity index (χ2n) is 7.93. The Morgan fingerprint density at radius 1 is 0.920 bits per heavy atom. The van der Waals surface area contributed by atoms with E-state index in [1.807, 2.05) is 44.4 Å². The van der Waals surface area contributed by atoms with Crippen LogP contribution in [0.5, 0.6) is 0 Å². The van der Waals surface area contributed by atoms with Gasteiger partial charge in [-0.25, -0.2) is 0 Å². The Balaban J connectivity index is 2.01. The highest BCUT2D eigenvalue weighted by Gasteiger charge is 2.35. The molecule has 0 spiro atoms. The molecule has 2 heterocycles. The van der Waals surface area contributed by atoms with Gasteiger partial charge in [-0.15, -0.1) is 0 Å². The van der Waals surface area contributed by atoms with Crippen molar-refractivity contribution in [1.82, 2.24) is 9.80 Å². The monoisotopic (exact) mass is 354 g/mol. The lowest BCUT2D eigenvalue weighted by Gasteiger charge is -2.43. The molecule has 0 saturated carbocycles. The molecule has 0 bridgehead atoms. The van der Waals surface area contributed by atoms with Crippen molar-refractivity contribution < 1.29 is 19.1 Å². The summed E-state index contributed by atoms with van der Waals surface area (Å²) in [6.07, 6.45) is 1.67. The molecule has 0 aromatic heterocycles. The maximum absolute atomic E-state index is 12.6. The zero-order chi connectivity index (χ0) is 18.6. The van der Waals surface area contributed by atoms with E-state index in [0.717, 1.165) is 12.8 Å². The lowest BCUT2D eigenvalue weighted by atomic mass is 9.99. The summed E-state index contributed by atoms with van der Waals surface area (Å²) in [6.45, 7) is 12.8. The molecule has 0 aliphatic carbocycles. The highest BCUT2D eigenvalue weighted by Crippen LogP contribution is 2.23. The maximum atomic E-state index is 12.6. The van der Waals surface area contributed by atoms with Crippen molar-refractivity contribution in [2.45, 2.75) is 65.6 Å². The molecule has 0 radical (unpaired) electrons. The van der Waals surface area contributed by atoms with Crippen molar-refractivity contribution in [3.63, 3.8) is 0 Å². The summed E-state index contributed by atoms with van der Waals surface area (Å²) in [7, 11) is 0. The molecule has 2 fully saturated rings. The average molecular weight is 354 g/mol. The van der Waals surface area contributed by atoms with Crippen LogP contribution in [0.15, 0.2) is 0 Å². The molecule has 2 rings (SSSR count). The fourth-order valence-electron chi connectivity index (χ4n) is 3.71. The van der Waals surface area contributed by atoms with Gasteiger partial charge in [-0.2, -0.15) is 0 Å². The SMILES string of the molecule is CC(C)C(=O)N1CCOC[C@H]1CCC1COC[C@@H](C)N1C(=O)C(C)C. The molecule has 0 aromatic carbocycles. The summed E-state index contributed by atoms with van der Waals surface area (Å²) >= 11 is 0. The molecular formula is C19H34N2O4. The van der Waals surface area contributed by atoms with Crippen molar-refractivity contribution in [2.75, 3.05) is 33.0 Å². The quantitative estimate of drug-likeness (QED) is 0.757. The van der Waals surface area contributed by atoms with Gasteiger partial charge in [0.2, 0.25) is 11.8 Å². The van der Waals surface area contributed by atoms with E-state index >= 15 is 0 Å². The first-order chi connectivity index (χ1) is 11.8. The first-order valence-corrected chi connectivity index (χ1v) is 9.61. The van der Waals surface area contributed by atoms with E-state index in [2.05, 4.69) is 0 Å². The number of hydrogen-bond acceptors (Lipinski definition) is 4. The molecule has 25 heavy (non-hydrogen) atoms. The van der Waals surface area contributed by atoms with Crippen LogP contribution < -0.4 is 0 Å². The van der Waals surface area contributed by atoms with Crippen molar-refractivity contribution in [1.29, 1.82) is 0 Å². The Morgan fingerprint density at radius 3 is 2.16 bits per heavy atom. The summed E-state index contributed by atoms with van der Waals surface area (Å²) < 4.78 is 11.3. The molecule has 0 N–H and O–H groups in total. The first-order valence-electron chi connectivity index (χ1n) is 9.61. The van der Waals surface area contributed by atoms with E-state index in [1.54, 1.807) is 0 Å². The molecule has 144 valence electrons. The summed E-state index contributed by atoms with van der Waals surface area (Å²) in [6, 6.07) is 0.276. The van der Waals surface area contributed by atoms with Gasteiger partial charge in [-0.3, -0.25) is 9.59 Å². The standard InChI is InChI=1S/C19H34N2O4/c1-13(2)18(22)20-8-9-24-11-16(20)6-7-17-12-25-10-15(5)21(17)19(23)14(3)4/h13-17H,6-12H2,1-5H3/t15-,16-,17?/m1/s1. The van der Waals surface area contributed by atoms with Crippen LogP contribution in [0.25, 0.3) is 0 Å². The van der Waals surface area contributed by atoms with E-state index in [4.69, 9.17) is 9.47 Å². The highest BCUT2D eigenvalue weighted by molar-refractivity contribution is 5.79. The van der Waals surface area contributed by atoms with Crippen molar-refractivity contribution in [2.24, 2.45) is 11.8 Å². The Morgan fingerprint density at radius 2 is 1.52 bits per heavy atom. The second kappa shape index (κ2) is 8.99. The summed E-state index contributed by atoms with van der Waals surface area (Å²) in [4.78, 5) is 29.0. The second-order valence-corrected chi connectivity index (χ2v) is 7.93. The Kier molecular flexibility index (Phi) is 7.25. The van der Waals surface area contributed by atoms with Gasteiger partial charge in [-0.05, 0) is 19.8 Å². The van der Waals surface area contributed by atoms with Crippen LogP contribution in [0.3, 0.4) is 0 Å². The molecular weight excluding hydrogens is 320 g/mol. The van der Waals surface area contributed by atoms with Crippen molar-refractivity contribution in [3.05, 3.63) is 0 Å². The van der Waals surface area contributed by atoms with E-state index in [0.29, 0.717) is 33.0 Å². The van der Waals surface area contributed by atoms with Crippen molar-refractivity contribution >= 4 is 11.8 Å². The van der Waals surface area contributed by atoms with E-state index in [9.17, 15) is 9.59 Å². The first kappa shape index (κ1) is 20.2. The third-order valence-corrected chi connectivity index (χ3v) is 5.12. The van der Waals surface area contributed by atoms with E-state index in [-0.39, 0.29) is 41.8 Å². The molecule has 2 saturated heterocycles. The van der Waals surface area contributed by atoms with Crippen LogP contribution >= 0.6 is 0 Å². The molecule has 3 atom stereocenters. The van der Waals surface area contributed by atoms with Gasteiger partial charge in [0, 0.05) is 18.4 Å². The molecule has 6 heteroatoms. The Bertz CT molecular complexity index is 466. The molecule has 2 amide bonds.